The molecule has 2 aromatic carbocycles. The van der Waals surface area contributed by atoms with Crippen molar-refractivity contribution in [2.24, 2.45) is 0 Å². The van der Waals surface area contributed by atoms with Gasteiger partial charge in [-0.3, -0.25) is 0 Å². The lowest BCUT2D eigenvalue weighted by atomic mass is 10.2. The third-order valence-electron chi connectivity index (χ3n) is 3.37. The van der Waals surface area contributed by atoms with Gasteiger partial charge in [-0.05, 0) is 35.9 Å². The second kappa shape index (κ2) is 6.76. The van der Waals surface area contributed by atoms with Gasteiger partial charge in [0.2, 0.25) is 10.0 Å². The standard InChI is InChI=1S/C16H15ClN2O3S2/c1-19(2)24(20,21)13-6-7-15-14(9-13)18-16(22-15)23-10-11-4-3-5-12(17)8-11/h3-9H,10H2,1-2H3. The molecule has 24 heavy (non-hydrogen) atoms. The molecule has 0 aliphatic carbocycles. The second-order valence-corrected chi connectivity index (χ2v) is 8.83. The molecular weight excluding hydrogens is 368 g/mol. The van der Waals surface area contributed by atoms with Crippen LogP contribution in [0.1, 0.15) is 5.56 Å². The van der Waals surface area contributed by atoms with Crippen LogP contribution >= 0.6 is 23.4 Å². The first kappa shape index (κ1) is 17.3. The molecule has 1 heterocycles. The topological polar surface area (TPSA) is 63.4 Å². The lowest BCUT2D eigenvalue weighted by molar-refractivity contribution is 0.489. The predicted molar refractivity (Wildman–Crippen MR) is 95.9 cm³/mol. The molecule has 5 nitrogen and oxygen atoms in total. The van der Waals surface area contributed by atoms with Crippen molar-refractivity contribution in [3.63, 3.8) is 0 Å². The second-order valence-electron chi connectivity index (χ2n) is 5.32. The van der Waals surface area contributed by atoms with Crippen LogP contribution in [0, 0.1) is 0 Å². The van der Waals surface area contributed by atoms with Crippen molar-refractivity contribution in [2.45, 2.75) is 15.9 Å². The summed E-state index contributed by atoms with van der Waals surface area (Å²) in [4.78, 5) is 4.56. The number of hydrogen-bond donors (Lipinski definition) is 0. The summed E-state index contributed by atoms with van der Waals surface area (Å²) in [6.45, 7) is 0. The van der Waals surface area contributed by atoms with Crippen molar-refractivity contribution < 1.29 is 12.8 Å². The highest BCUT2D eigenvalue weighted by Crippen LogP contribution is 2.28. The highest BCUT2D eigenvalue weighted by atomic mass is 35.5. The van der Waals surface area contributed by atoms with Gasteiger partial charge in [0.1, 0.15) is 5.52 Å². The van der Waals surface area contributed by atoms with Crippen LogP contribution < -0.4 is 0 Å². The summed E-state index contributed by atoms with van der Waals surface area (Å²) in [6, 6.07) is 12.3. The maximum absolute atomic E-state index is 12.2. The molecule has 0 aliphatic heterocycles. The molecule has 3 rings (SSSR count). The number of fused-ring (bicyclic) bond motifs is 1. The number of nitrogens with zero attached hydrogens (tertiary/aromatic N) is 2. The summed E-state index contributed by atoms with van der Waals surface area (Å²) in [5, 5.41) is 1.17. The minimum absolute atomic E-state index is 0.194. The van der Waals surface area contributed by atoms with Crippen molar-refractivity contribution in [1.29, 1.82) is 0 Å². The Labute approximate surface area is 149 Å². The molecule has 0 N–H and O–H groups in total. The van der Waals surface area contributed by atoms with Crippen LogP contribution in [-0.4, -0.2) is 31.8 Å². The maximum atomic E-state index is 12.2. The number of rotatable bonds is 5. The largest absolute Gasteiger partial charge is 0.431 e. The summed E-state index contributed by atoms with van der Waals surface area (Å²) >= 11 is 7.40. The fraction of sp³-hybridized carbons (Fsp3) is 0.188. The fourth-order valence-corrected chi connectivity index (χ4v) is 4.01. The zero-order chi connectivity index (χ0) is 17.3. The van der Waals surface area contributed by atoms with Gasteiger partial charge in [0.15, 0.2) is 5.58 Å². The van der Waals surface area contributed by atoms with Crippen LogP contribution in [0.5, 0.6) is 0 Å². The minimum Gasteiger partial charge on any atom is -0.431 e. The van der Waals surface area contributed by atoms with E-state index in [2.05, 4.69) is 4.98 Å². The third kappa shape index (κ3) is 3.59. The van der Waals surface area contributed by atoms with Gasteiger partial charge in [0.05, 0.1) is 4.90 Å². The lowest BCUT2D eigenvalue weighted by Crippen LogP contribution is -2.22. The molecule has 0 unspecified atom stereocenters. The van der Waals surface area contributed by atoms with E-state index in [0.717, 1.165) is 5.56 Å². The van der Waals surface area contributed by atoms with E-state index >= 15 is 0 Å². The normalized spacial score (nSPS) is 12.2. The Bertz CT molecular complexity index is 984. The quantitative estimate of drug-likeness (QED) is 0.623. The zero-order valence-corrected chi connectivity index (χ0v) is 15.5. The van der Waals surface area contributed by atoms with E-state index in [0.29, 0.717) is 27.1 Å². The Balaban J connectivity index is 1.84. The summed E-state index contributed by atoms with van der Waals surface area (Å²) in [6.07, 6.45) is 0. The van der Waals surface area contributed by atoms with Crippen LogP contribution in [0.15, 0.2) is 57.0 Å². The van der Waals surface area contributed by atoms with Gasteiger partial charge in [0, 0.05) is 24.9 Å². The monoisotopic (exact) mass is 382 g/mol. The molecule has 0 saturated carbocycles. The number of thioether (sulfide) groups is 1. The summed E-state index contributed by atoms with van der Waals surface area (Å²) < 4.78 is 31.2. The van der Waals surface area contributed by atoms with Crippen molar-refractivity contribution >= 4 is 44.5 Å². The van der Waals surface area contributed by atoms with E-state index < -0.39 is 10.0 Å². The molecule has 0 bridgehead atoms. The number of benzene rings is 2. The highest BCUT2D eigenvalue weighted by molar-refractivity contribution is 7.98. The van der Waals surface area contributed by atoms with E-state index in [4.69, 9.17) is 16.0 Å². The molecule has 0 spiro atoms. The van der Waals surface area contributed by atoms with Gasteiger partial charge in [-0.25, -0.2) is 17.7 Å². The van der Waals surface area contributed by atoms with Gasteiger partial charge in [-0.15, -0.1) is 0 Å². The SMILES string of the molecule is CN(C)S(=O)(=O)c1ccc2oc(SCc3cccc(Cl)c3)nc2c1. The van der Waals surface area contributed by atoms with Crippen LogP contribution in [0.3, 0.4) is 0 Å². The van der Waals surface area contributed by atoms with Gasteiger partial charge in [0.25, 0.3) is 5.22 Å². The molecule has 3 aromatic rings. The van der Waals surface area contributed by atoms with Gasteiger partial charge in [-0.2, -0.15) is 0 Å². The first-order chi connectivity index (χ1) is 11.4. The summed E-state index contributed by atoms with van der Waals surface area (Å²) in [5.41, 5.74) is 2.14. The smallest absolute Gasteiger partial charge is 0.257 e. The Morgan fingerprint density at radius 3 is 2.71 bits per heavy atom. The van der Waals surface area contributed by atoms with Gasteiger partial charge in [-0.1, -0.05) is 35.5 Å². The van der Waals surface area contributed by atoms with Crippen molar-refractivity contribution in [3.05, 3.63) is 53.1 Å². The van der Waals surface area contributed by atoms with Crippen LogP contribution in [0.2, 0.25) is 5.02 Å². The third-order valence-corrected chi connectivity index (χ3v) is 6.31. The molecule has 1 aromatic heterocycles. The fourth-order valence-electron chi connectivity index (χ4n) is 2.09. The number of halogens is 1. The van der Waals surface area contributed by atoms with Gasteiger partial charge < -0.3 is 4.42 Å². The maximum Gasteiger partial charge on any atom is 0.257 e. The Kier molecular flexibility index (Phi) is 4.87. The number of hydrogen-bond acceptors (Lipinski definition) is 5. The molecule has 0 aliphatic rings. The first-order valence-electron chi connectivity index (χ1n) is 7.06. The molecule has 8 heteroatoms. The Morgan fingerprint density at radius 2 is 2.00 bits per heavy atom. The van der Waals surface area contributed by atoms with E-state index in [1.54, 1.807) is 6.07 Å². The van der Waals surface area contributed by atoms with Crippen LogP contribution in [0.4, 0.5) is 0 Å². The molecule has 0 radical (unpaired) electrons. The van der Waals surface area contributed by atoms with Crippen molar-refractivity contribution in [3.8, 4) is 0 Å². The average Bonchev–Trinajstić information content (AvgIpc) is 2.94. The van der Waals surface area contributed by atoms with Crippen molar-refractivity contribution in [1.82, 2.24) is 9.29 Å². The lowest BCUT2D eigenvalue weighted by Gasteiger charge is -2.10. The van der Waals surface area contributed by atoms with E-state index in [1.165, 1.54) is 42.3 Å². The molecular formula is C16H15ClN2O3S2. The molecule has 0 saturated heterocycles. The number of oxazole rings is 1. The molecule has 0 amide bonds. The average molecular weight is 383 g/mol. The van der Waals surface area contributed by atoms with E-state index in [-0.39, 0.29) is 4.90 Å². The molecule has 0 fully saturated rings. The summed E-state index contributed by atoms with van der Waals surface area (Å²) in [5.74, 6) is 0.663. The van der Waals surface area contributed by atoms with E-state index in [9.17, 15) is 8.42 Å². The number of sulfonamides is 1. The van der Waals surface area contributed by atoms with E-state index in [1.807, 2.05) is 24.3 Å². The first-order valence-corrected chi connectivity index (χ1v) is 9.87. The van der Waals surface area contributed by atoms with Crippen LogP contribution in [-0.2, 0) is 15.8 Å². The van der Waals surface area contributed by atoms with Crippen LogP contribution in [0.25, 0.3) is 11.1 Å². The van der Waals surface area contributed by atoms with Gasteiger partial charge >= 0.3 is 0 Å². The molecule has 0 atom stereocenters. The summed E-state index contributed by atoms with van der Waals surface area (Å²) in [7, 11) is -0.500. The minimum atomic E-state index is -3.49. The highest BCUT2D eigenvalue weighted by Gasteiger charge is 2.19. The Hall–Kier alpha value is -1.54. The zero-order valence-electron chi connectivity index (χ0n) is 13.1. The predicted octanol–water partition coefficient (Wildman–Crippen LogP) is 4.02. The van der Waals surface area contributed by atoms with Crippen molar-refractivity contribution in [2.75, 3.05) is 14.1 Å². The number of aromatic nitrogens is 1. The Morgan fingerprint density at radius 1 is 1.21 bits per heavy atom. The molecule has 126 valence electrons.